The predicted molar refractivity (Wildman–Crippen MR) is 164 cm³/mol. The Bertz CT molecular complexity index is 1580. The normalized spacial score (nSPS) is 14.0. The van der Waals surface area contributed by atoms with Crippen molar-refractivity contribution in [2.75, 3.05) is 50.1 Å². The number of carbonyl (C=O) groups excluding carboxylic acids is 1. The lowest BCUT2D eigenvalue weighted by molar-refractivity contribution is 0.102. The van der Waals surface area contributed by atoms with Gasteiger partial charge in [-0.25, -0.2) is 9.97 Å². The number of aryl methyl sites for hydroxylation is 1. The molecule has 1 amide bonds. The number of pyridine rings is 1. The highest BCUT2D eigenvalue weighted by Crippen LogP contribution is 2.24. The average Bonchev–Trinajstić information content (AvgIpc) is 2.96. The van der Waals surface area contributed by atoms with Crippen LogP contribution < -0.4 is 10.6 Å². The van der Waals surface area contributed by atoms with Crippen LogP contribution in [-0.4, -0.2) is 83.1 Å². The Morgan fingerprint density at radius 1 is 1.02 bits per heavy atom. The smallest absolute Gasteiger partial charge is 0.261 e. The summed E-state index contributed by atoms with van der Waals surface area (Å²) >= 11 is 0. The molecule has 0 bridgehead atoms. The summed E-state index contributed by atoms with van der Waals surface area (Å²) in [5, 5.41) is 6.29. The number of rotatable bonds is 7. The van der Waals surface area contributed by atoms with E-state index in [0.717, 1.165) is 55.2 Å². The monoisotopic (exact) mass is 591 g/mol. The maximum atomic E-state index is 12.9. The molecular formula is C30H35N7O4S. The van der Waals surface area contributed by atoms with E-state index in [1.54, 1.807) is 18.6 Å². The van der Waals surface area contributed by atoms with Crippen molar-refractivity contribution in [3.63, 3.8) is 0 Å². The fourth-order valence-electron chi connectivity index (χ4n) is 4.28. The molecule has 3 N–H and O–H groups in total. The van der Waals surface area contributed by atoms with Crippen LogP contribution in [0.25, 0.3) is 11.3 Å². The quantitative estimate of drug-likeness (QED) is 0.269. The van der Waals surface area contributed by atoms with Gasteiger partial charge in [0.2, 0.25) is 5.95 Å². The Morgan fingerprint density at radius 2 is 1.74 bits per heavy atom. The minimum absolute atomic E-state index is 0.143. The number of nitrogens with one attached hydrogen (secondary N) is 2. The van der Waals surface area contributed by atoms with E-state index in [4.69, 9.17) is 4.55 Å². The van der Waals surface area contributed by atoms with Gasteiger partial charge in [-0.05, 0) is 67.6 Å². The van der Waals surface area contributed by atoms with Gasteiger partial charge in [-0.3, -0.25) is 19.2 Å². The zero-order valence-corrected chi connectivity index (χ0v) is 24.7. The minimum atomic E-state index is -3.67. The summed E-state index contributed by atoms with van der Waals surface area (Å²) in [6.45, 7) is 7.24. The standard InChI is InChI=1S/C29H31N7O.CH4O3S/c1-21-5-10-25(18-27(21)34-29-31-13-11-26(33-29)24-4-3-12-30-19-24)32-28(37)23-8-6-22(7-9-23)20-36-16-14-35(2)15-17-36;1-5(2,3)4/h3-13,18-19H,14-17,20H2,1-2H3,(H,32,37)(H,31,33,34);1H3,(H,2,3,4)/i19+2;. The molecule has 2 aromatic heterocycles. The van der Waals surface area contributed by atoms with Crippen LogP contribution in [0.1, 0.15) is 21.5 Å². The van der Waals surface area contributed by atoms with E-state index >= 15 is 0 Å². The summed E-state index contributed by atoms with van der Waals surface area (Å²) < 4.78 is 25.9. The molecule has 4 aromatic rings. The second kappa shape index (κ2) is 14.1. The number of amides is 1. The Balaban J connectivity index is 0.000000748. The van der Waals surface area contributed by atoms with E-state index in [1.165, 1.54) is 5.56 Å². The van der Waals surface area contributed by atoms with Gasteiger partial charge in [0.05, 0.1) is 11.9 Å². The molecule has 0 unspecified atom stereocenters. The molecule has 0 saturated carbocycles. The van der Waals surface area contributed by atoms with Crippen LogP contribution in [-0.2, 0) is 16.7 Å². The van der Waals surface area contributed by atoms with Crippen molar-refractivity contribution in [3.05, 3.63) is 95.9 Å². The van der Waals surface area contributed by atoms with Crippen molar-refractivity contribution in [2.45, 2.75) is 13.5 Å². The summed E-state index contributed by atoms with van der Waals surface area (Å²) in [5.41, 5.74) is 6.08. The number of piperazine rings is 1. The first-order chi connectivity index (χ1) is 20.0. The topological polar surface area (TPSA) is 141 Å². The molecule has 0 radical (unpaired) electrons. The zero-order chi connectivity index (χ0) is 30.1. The highest BCUT2D eigenvalue weighted by Gasteiger charge is 2.14. The number of hydrogen-bond acceptors (Lipinski definition) is 9. The van der Waals surface area contributed by atoms with Crippen molar-refractivity contribution in [3.8, 4) is 11.3 Å². The van der Waals surface area contributed by atoms with E-state index in [0.29, 0.717) is 23.5 Å². The molecule has 3 heterocycles. The van der Waals surface area contributed by atoms with Crippen molar-refractivity contribution < 1.29 is 17.8 Å². The van der Waals surface area contributed by atoms with Gasteiger partial charge < -0.3 is 15.5 Å². The minimum Gasteiger partial charge on any atom is -0.324 e. The molecular weight excluding hydrogens is 556 g/mol. The van der Waals surface area contributed by atoms with Crippen molar-refractivity contribution in [2.24, 2.45) is 0 Å². The number of hydrogen-bond donors (Lipinski definition) is 3. The van der Waals surface area contributed by atoms with Crippen LogP contribution in [0.3, 0.4) is 0 Å². The zero-order valence-electron chi connectivity index (χ0n) is 23.9. The van der Waals surface area contributed by atoms with E-state index in [-0.39, 0.29) is 5.91 Å². The van der Waals surface area contributed by atoms with Gasteiger partial charge in [0.25, 0.3) is 16.0 Å². The van der Waals surface area contributed by atoms with Crippen LogP contribution in [0, 0.1) is 6.92 Å². The summed E-state index contributed by atoms with van der Waals surface area (Å²) in [6.07, 6.45) is 5.93. The highest BCUT2D eigenvalue weighted by atomic mass is 32.2. The molecule has 11 nitrogen and oxygen atoms in total. The third-order valence-electron chi connectivity index (χ3n) is 6.57. The molecule has 0 atom stereocenters. The predicted octanol–water partition coefficient (Wildman–Crippen LogP) is 4.09. The van der Waals surface area contributed by atoms with Gasteiger partial charge in [-0.15, -0.1) is 0 Å². The molecule has 1 aliphatic heterocycles. The summed E-state index contributed by atoms with van der Waals surface area (Å²) in [7, 11) is -1.51. The first-order valence-corrected chi connectivity index (χ1v) is 15.2. The lowest BCUT2D eigenvalue weighted by atomic mass is 10.1. The van der Waals surface area contributed by atoms with Gasteiger partial charge in [-0.2, -0.15) is 8.42 Å². The van der Waals surface area contributed by atoms with Gasteiger partial charge in [0.1, 0.15) is 0 Å². The molecule has 0 aliphatic carbocycles. The maximum Gasteiger partial charge on any atom is 0.261 e. The fourth-order valence-corrected chi connectivity index (χ4v) is 4.28. The number of likely N-dealkylation sites (N-methyl/N-ethyl adjacent to an activating group) is 1. The summed E-state index contributed by atoms with van der Waals surface area (Å²) in [4.78, 5) is 30.9. The maximum absolute atomic E-state index is 12.9. The average molecular weight is 592 g/mol. The van der Waals surface area contributed by atoms with E-state index in [2.05, 4.69) is 42.4 Å². The van der Waals surface area contributed by atoms with Crippen LogP contribution in [0.15, 0.2) is 79.3 Å². The van der Waals surface area contributed by atoms with E-state index in [1.807, 2.05) is 67.6 Å². The van der Waals surface area contributed by atoms with Crippen LogP contribution in [0.2, 0.25) is 0 Å². The molecule has 1 fully saturated rings. The molecule has 220 valence electrons. The SMILES string of the molecule is CS(=O)(=O)O.Cc1ccc(NC(=O)c2ccc(CN3CCN(C)CC3)cc2)cc1Nc1nccc(-c2cccn[14cH]2)n1. The van der Waals surface area contributed by atoms with Gasteiger partial charge in [-0.1, -0.05) is 18.2 Å². The molecule has 1 saturated heterocycles. The first-order valence-electron chi connectivity index (χ1n) is 13.4. The van der Waals surface area contributed by atoms with Gasteiger partial charge in [0.15, 0.2) is 0 Å². The third kappa shape index (κ3) is 9.70. The van der Waals surface area contributed by atoms with Crippen LogP contribution in [0.4, 0.5) is 17.3 Å². The van der Waals surface area contributed by atoms with Crippen LogP contribution >= 0.6 is 0 Å². The Labute approximate surface area is 246 Å². The molecule has 1 aliphatic rings. The number of aromatic nitrogens is 3. The summed E-state index contributed by atoms with van der Waals surface area (Å²) in [6, 6.07) is 19.3. The second-order valence-corrected chi connectivity index (χ2v) is 11.6. The fraction of sp³-hybridized carbons (Fsp3) is 0.267. The van der Waals surface area contributed by atoms with E-state index in [9.17, 15) is 13.2 Å². The highest BCUT2D eigenvalue weighted by molar-refractivity contribution is 7.85. The van der Waals surface area contributed by atoms with Crippen molar-refractivity contribution in [1.29, 1.82) is 0 Å². The van der Waals surface area contributed by atoms with Crippen molar-refractivity contribution >= 4 is 33.3 Å². The molecule has 2 aromatic carbocycles. The lowest BCUT2D eigenvalue weighted by Crippen LogP contribution is -2.43. The van der Waals surface area contributed by atoms with Gasteiger partial charge >= 0.3 is 0 Å². The first kappa shape index (κ1) is 30.7. The third-order valence-corrected chi connectivity index (χ3v) is 6.57. The lowest BCUT2D eigenvalue weighted by Gasteiger charge is -2.32. The number of carbonyl (C=O) groups is 1. The molecule has 0 spiro atoms. The summed E-state index contributed by atoms with van der Waals surface area (Å²) in [5.74, 6) is 0.333. The van der Waals surface area contributed by atoms with E-state index < -0.39 is 10.1 Å². The molecule has 42 heavy (non-hydrogen) atoms. The largest absolute Gasteiger partial charge is 0.324 e. The molecule has 5 rings (SSSR count). The van der Waals surface area contributed by atoms with Crippen LogP contribution in [0.5, 0.6) is 0 Å². The van der Waals surface area contributed by atoms with Gasteiger partial charge in [0, 0.05) is 73.8 Å². The van der Waals surface area contributed by atoms with Crippen molar-refractivity contribution in [1.82, 2.24) is 24.8 Å². The second-order valence-electron chi connectivity index (χ2n) is 10.1. The Kier molecular flexibility index (Phi) is 10.3. The number of nitrogens with zero attached hydrogens (tertiary/aromatic N) is 5. The number of benzene rings is 2. The Hall–Kier alpha value is -4.23. The number of anilines is 3. The molecule has 12 heteroatoms. The Morgan fingerprint density at radius 3 is 2.40 bits per heavy atom.